The number of benzene rings is 1. The molecule has 7 heteroatoms. The van der Waals surface area contributed by atoms with E-state index in [1.807, 2.05) is 0 Å². The first-order valence-electron chi connectivity index (χ1n) is 6.19. The minimum atomic E-state index is -1.02. The van der Waals surface area contributed by atoms with Crippen LogP contribution in [0.2, 0.25) is 0 Å². The molecule has 0 radical (unpaired) electrons. The first-order chi connectivity index (χ1) is 9.64. The van der Waals surface area contributed by atoms with E-state index in [4.69, 9.17) is 5.11 Å². The van der Waals surface area contributed by atoms with E-state index in [1.54, 1.807) is 13.8 Å². The molecule has 1 aromatic carbocycles. The van der Waals surface area contributed by atoms with Gasteiger partial charge in [0.2, 0.25) is 5.91 Å². The van der Waals surface area contributed by atoms with Crippen LogP contribution in [0.1, 0.15) is 26.7 Å². The smallest absolute Gasteiger partial charge is 0.303 e. The second kappa shape index (κ2) is 6.51. The van der Waals surface area contributed by atoms with Crippen LogP contribution in [0.5, 0.6) is 5.75 Å². The molecule has 1 rings (SSSR count). The molecule has 0 bridgehead atoms. The largest absolute Gasteiger partial charge is 0.491 e. The molecule has 0 aromatic heterocycles. The highest BCUT2D eigenvalue weighted by molar-refractivity contribution is 5.91. The predicted molar refractivity (Wildman–Crippen MR) is 72.2 cm³/mol. The van der Waals surface area contributed by atoms with E-state index in [0.717, 1.165) is 19.2 Å². The number of ether oxygens (including phenoxy) is 1. The number of halogens is 2. The maximum absolute atomic E-state index is 13.5. The van der Waals surface area contributed by atoms with E-state index in [-0.39, 0.29) is 18.5 Å². The molecule has 0 fully saturated rings. The molecule has 0 atom stereocenters. The molecule has 0 aliphatic heterocycles. The molecule has 2 N–H and O–H groups in total. The Balaban J connectivity index is 2.78. The maximum Gasteiger partial charge on any atom is 0.303 e. The summed E-state index contributed by atoms with van der Waals surface area (Å²) in [7, 11) is 1.13. The van der Waals surface area contributed by atoms with Gasteiger partial charge in [-0.15, -0.1) is 0 Å². The minimum absolute atomic E-state index is 0.0538. The number of methoxy groups -OCH3 is 1. The first-order valence-corrected chi connectivity index (χ1v) is 6.19. The van der Waals surface area contributed by atoms with Gasteiger partial charge in [0.05, 0.1) is 13.5 Å². The van der Waals surface area contributed by atoms with Crippen LogP contribution in [0.4, 0.5) is 14.5 Å². The quantitative estimate of drug-likeness (QED) is 0.847. The van der Waals surface area contributed by atoms with E-state index in [2.05, 4.69) is 10.1 Å². The standard InChI is InChI=1S/C14H17F2NO4/c1-14(2,7-12(19)20)6-11(18)17-8-4-9(15)13(21-3)10(16)5-8/h4-5H,6-7H2,1-3H3,(H,17,18)(H,19,20). The van der Waals surface area contributed by atoms with Crippen LogP contribution in [0, 0.1) is 17.0 Å². The average Bonchev–Trinajstić information content (AvgIpc) is 2.24. The van der Waals surface area contributed by atoms with E-state index < -0.39 is 34.7 Å². The third-order valence-corrected chi connectivity index (χ3v) is 2.76. The van der Waals surface area contributed by atoms with E-state index in [0.29, 0.717) is 0 Å². The summed E-state index contributed by atoms with van der Waals surface area (Å²) in [4.78, 5) is 22.5. The van der Waals surface area contributed by atoms with Crippen molar-refractivity contribution in [1.29, 1.82) is 0 Å². The Morgan fingerprint density at radius 3 is 2.19 bits per heavy atom. The van der Waals surface area contributed by atoms with E-state index in [1.165, 1.54) is 0 Å². The SMILES string of the molecule is COc1c(F)cc(NC(=O)CC(C)(C)CC(=O)O)cc1F. The van der Waals surface area contributed by atoms with Crippen molar-refractivity contribution in [2.45, 2.75) is 26.7 Å². The lowest BCUT2D eigenvalue weighted by Gasteiger charge is -2.21. The van der Waals surface area contributed by atoms with Gasteiger partial charge in [0, 0.05) is 24.2 Å². The fourth-order valence-corrected chi connectivity index (χ4v) is 1.94. The lowest BCUT2D eigenvalue weighted by Crippen LogP contribution is -2.24. The van der Waals surface area contributed by atoms with Crippen molar-refractivity contribution in [1.82, 2.24) is 0 Å². The van der Waals surface area contributed by atoms with Crippen LogP contribution < -0.4 is 10.1 Å². The number of carbonyl (C=O) groups is 2. The van der Waals surface area contributed by atoms with Crippen LogP contribution in [-0.4, -0.2) is 24.1 Å². The Bertz CT molecular complexity index is 535. The Labute approximate surface area is 120 Å². The normalized spacial score (nSPS) is 11.1. The molecular weight excluding hydrogens is 284 g/mol. The zero-order valence-corrected chi connectivity index (χ0v) is 12.0. The Morgan fingerprint density at radius 2 is 1.76 bits per heavy atom. The number of hydrogen-bond acceptors (Lipinski definition) is 3. The number of amides is 1. The lowest BCUT2D eigenvalue weighted by molar-refractivity contribution is -0.139. The summed E-state index contributed by atoms with van der Waals surface area (Å²) in [6, 6.07) is 1.87. The molecule has 0 saturated heterocycles. The summed E-state index contributed by atoms with van der Waals surface area (Å²) in [6.45, 7) is 3.24. The van der Waals surface area contributed by atoms with Crippen molar-refractivity contribution in [3.8, 4) is 5.75 Å². The van der Waals surface area contributed by atoms with E-state index in [9.17, 15) is 18.4 Å². The number of carboxylic acid groups (broad SMARTS) is 1. The Morgan fingerprint density at radius 1 is 1.24 bits per heavy atom. The summed E-state index contributed by atoms with van der Waals surface area (Å²) in [5.74, 6) is -3.94. The highest BCUT2D eigenvalue weighted by Gasteiger charge is 2.25. The molecule has 0 unspecified atom stereocenters. The number of nitrogens with one attached hydrogen (secondary N) is 1. The number of anilines is 1. The van der Waals surface area contributed by atoms with Gasteiger partial charge in [0.15, 0.2) is 17.4 Å². The van der Waals surface area contributed by atoms with Gasteiger partial charge in [-0.1, -0.05) is 13.8 Å². The fourth-order valence-electron chi connectivity index (χ4n) is 1.94. The number of rotatable bonds is 6. The van der Waals surface area contributed by atoms with Crippen LogP contribution in [0.15, 0.2) is 12.1 Å². The molecule has 0 aliphatic carbocycles. The van der Waals surface area contributed by atoms with Crippen molar-refractivity contribution in [3.05, 3.63) is 23.8 Å². The third-order valence-electron chi connectivity index (χ3n) is 2.76. The lowest BCUT2D eigenvalue weighted by atomic mass is 9.85. The predicted octanol–water partition coefficient (Wildman–Crippen LogP) is 2.80. The number of aliphatic carboxylic acids is 1. The molecule has 116 valence electrons. The summed E-state index contributed by atoms with van der Waals surface area (Å²) in [5, 5.41) is 11.1. The zero-order valence-electron chi connectivity index (χ0n) is 12.0. The molecule has 0 spiro atoms. The number of carbonyl (C=O) groups excluding carboxylic acids is 1. The Kier molecular flexibility index (Phi) is 5.23. The minimum Gasteiger partial charge on any atom is -0.491 e. The van der Waals surface area contributed by atoms with Crippen LogP contribution in [-0.2, 0) is 9.59 Å². The van der Waals surface area contributed by atoms with E-state index >= 15 is 0 Å². The van der Waals surface area contributed by atoms with Crippen LogP contribution >= 0.6 is 0 Å². The second-order valence-corrected chi connectivity index (χ2v) is 5.43. The topological polar surface area (TPSA) is 75.6 Å². The number of carboxylic acids is 1. The van der Waals surface area contributed by atoms with Crippen LogP contribution in [0.3, 0.4) is 0 Å². The second-order valence-electron chi connectivity index (χ2n) is 5.43. The Hall–Kier alpha value is -2.18. The number of hydrogen-bond donors (Lipinski definition) is 2. The fraction of sp³-hybridized carbons (Fsp3) is 0.429. The highest BCUT2D eigenvalue weighted by Crippen LogP contribution is 2.28. The van der Waals surface area contributed by atoms with Gasteiger partial charge in [0.1, 0.15) is 0 Å². The van der Waals surface area contributed by atoms with Gasteiger partial charge >= 0.3 is 5.97 Å². The summed E-state index contributed by atoms with van der Waals surface area (Å²) >= 11 is 0. The van der Waals surface area contributed by atoms with Gasteiger partial charge in [-0.25, -0.2) is 8.78 Å². The molecular formula is C14H17F2NO4. The molecule has 1 amide bonds. The van der Waals surface area contributed by atoms with Gasteiger partial charge in [-0.05, 0) is 5.41 Å². The molecule has 1 aromatic rings. The van der Waals surface area contributed by atoms with Crippen molar-refractivity contribution in [3.63, 3.8) is 0 Å². The summed E-state index contributed by atoms with van der Waals surface area (Å²) < 4.78 is 31.5. The van der Waals surface area contributed by atoms with Crippen molar-refractivity contribution in [2.75, 3.05) is 12.4 Å². The summed E-state index contributed by atoms with van der Waals surface area (Å²) in [5.41, 5.74) is -0.818. The molecule has 0 aliphatic rings. The highest BCUT2D eigenvalue weighted by atomic mass is 19.1. The maximum atomic E-state index is 13.5. The van der Waals surface area contributed by atoms with Crippen molar-refractivity contribution in [2.24, 2.45) is 5.41 Å². The van der Waals surface area contributed by atoms with Gasteiger partial charge < -0.3 is 15.2 Å². The van der Waals surface area contributed by atoms with Crippen molar-refractivity contribution < 1.29 is 28.2 Å². The van der Waals surface area contributed by atoms with Gasteiger partial charge in [0.25, 0.3) is 0 Å². The van der Waals surface area contributed by atoms with Crippen LogP contribution in [0.25, 0.3) is 0 Å². The monoisotopic (exact) mass is 301 g/mol. The molecule has 5 nitrogen and oxygen atoms in total. The summed E-state index contributed by atoms with van der Waals surface area (Å²) in [6.07, 6.45) is -0.277. The molecule has 0 saturated carbocycles. The van der Waals surface area contributed by atoms with Gasteiger partial charge in [-0.2, -0.15) is 0 Å². The average molecular weight is 301 g/mol. The van der Waals surface area contributed by atoms with Crippen molar-refractivity contribution >= 4 is 17.6 Å². The zero-order chi connectivity index (χ0) is 16.2. The third kappa shape index (κ3) is 5.02. The molecule has 21 heavy (non-hydrogen) atoms. The first kappa shape index (κ1) is 16.9. The van der Waals surface area contributed by atoms with Gasteiger partial charge in [-0.3, -0.25) is 9.59 Å². The molecule has 0 heterocycles.